The molecule has 2 heteroatoms. The summed E-state index contributed by atoms with van der Waals surface area (Å²) in [4.78, 5) is 23.9. The summed E-state index contributed by atoms with van der Waals surface area (Å²) in [5.41, 5.74) is -0.00554. The Balaban J connectivity index is 2.48. The summed E-state index contributed by atoms with van der Waals surface area (Å²) in [7, 11) is 0. The normalized spacial score (nSPS) is 21.2. The Morgan fingerprint density at radius 3 is 2.00 bits per heavy atom. The molecule has 0 unspecified atom stereocenters. The summed E-state index contributed by atoms with van der Waals surface area (Å²) in [6.07, 6.45) is 4.27. The van der Waals surface area contributed by atoms with Gasteiger partial charge in [0.25, 0.3) is 0 Å². The highest BCUT2D eigenvalue weighted by molar-refractivity contribution is 6.02. The average molecular weight is 238 g/mol. The molecule has 0 spiro atoms. The van der Waals surface area contributed by atoms with Crippen LogP contribution in [0.1, 0.15) is 66.7 Å². The van der Waals surface area contributed by atoms with Crippen LogP contribution in [0.4, 0.5) is 0 Å². The number of carbonyl (C=O) groups is 2. The van der Waals surface area contributed by atoms with E-state index in [-0.39, 0.29) is 29.3 Å². The largest absolute Gasteiger partial charge is 0.299 e. The van der Waals surface area contributed by atoms with Gasteiger partial charge in [-0.25, -0.2) is 0 Å². The van der Waals surface area contributed by atoms with Crippen molar-refractivity contribution < 1.29 is 9.59 Å². The fourth-order valence-corrected chi connectivity index (χ4v) is 2.29. The third-order valence-electron chi connectivity index (χ3n) is 3.97. The molecule has 1 aliphatic carbocycles. The predicted molar refractivity (Wildman–Crippen MR) is 69.8 cm³/mol. The van der Waals surface area contributed by atoms with E-state index in [2.05, 4.69) is 13.8 Å². The van der Waals surface area contributed by atoms with E-state index in [0.717, 1.165) is 25.7 Å². The van der Waals surface area contributed by atoms with Crippen molar-refractivity contribution in [3.05, 3.63) is 0 Å². The molecule has 1 fully saturated rings. The summed E-state index contributed by atoms with van der Waals surface area (Å²) in [6, 6.07) is 0. The second-order valence-corrected chi connectivity index (χ2v) is 7.25. The highest BCUT2D eigenvalue weighted by Crippen LogP contribution is 2.38. The zero-order valence-electron chi connectivity index (χ0n) is 11.9. The number of hydrogen-bond donors (Lipinski definition) is 0. The summed E-state index contributed by atoms with van der Waals surface area (Å²) in [5, 5.41) is 0. The molecule has 1 aliphatic rings. The molecule has 98 valence electrons. The van der Waals surface area contributed by atoms with Gasteiger partial charge in [-0.1, -0.05) is 34.6 Å². The van der Waals surface area contributed by atoms with Gasteiger partial charge in [0.1, 0.15) is 11.6 Å². The molecule has 17 heavy (non-hydrogen) atoms. The van der Waals surface area contributed by atoms with Crippen LogP contribution in [-0.2, 0) is 9.59 Å². The topological polar surface area (TPSA) is 34.1 Å². The van der Waals surface area contributed by atoms with Crippen molar-refractivity contribution in [2.45, 2.75) is 66.7 Å². The van der Waals surface area contributed by atoms with Crippen LogP contribution in [0.15, 0.2) is 0 Å². The minimum atomic E-state index is -0.385. The van der Waals surface area contributed by atoms with Crippen LogP contribution < -0.4 is 0 Å². The van der Waals surface area contributed by atoms with Crippen molar-refractivity contribution in [3.63, 3.8) is 0 Å². The number of hydrogen-bond acceptors (Lipinski definition) is 2. The van der Waals surface area contributed by atoms with Crippen LogP contribution in [0, 0.1) is 16.7 Å². The van der Waals surface area contributed by atoms with E-state index in [1.54, 1.807) is 0 Å². The molecule has 0 saturated heterocycles. The van der Waals surface area contributed by atoms with E-state index in [4.69, 9.17) is 0 Å². The van der Waals surface area contributed by atoms with Crippen LogP contribution in [0.2, 0.25) is 0 Å². The van der Waals surface area contributed by atoms with E-state index in [1.165, 1.54) is 0 Å². The Hall–Kier alpha value is -0.660. The summed E-state index contributed by atoms with van der Waals surface area (Å²) < 4.78 is 0. The van der Waals surface area contributed by atoms with Gasteiger partial charge in [0.2, 0.25) is 0 Å². The maximum absolute atomic E-state index is 12.0. The van der Waals surface area contributed by atoms with Crippen LogP contribution in [0.5, 0.6) is 0 Å². The molecule has 0 aliphatic heterocycles. The molecule has 0 aromatic rings. The van der Waals surface area contributed by atoms with Crippen molar-refractivity contribution >= 4 is 11.6 Å². The fourth-order valence-electron chi connectivity index (χ4n) is 2.29. The SMILES string of the molecule is CC1(C)CCC(C(=O)CC(=O)C(C)(C)C)CC1. The minimum absolute atomic E-state index is 0.0762. The van der Waals surface area contributed by atoms with E-state index in [9.17, 15) is 9.59 Å². The second-order valence-electron chi connectivity index (χ2n) is 7.25. The number of ketones is 2. The first-order valence-electron chi connectivity index (χ1n) is 6.68. The van der Waals surface area contributed by atoms with Gasteiger partial charge in [-0.3, -0.25) is 9.59 Å². The highest BCUT2D eigenvalue weighted by atomic mass is 16.1. The molecule has 1 saturated carbocycles. The highest BCUT2D eigenvalue weighted by Gasteiger charge is 2.32. The monoisotopic (exact) mass is 238 g/mol. The van der Waals surface area contributed by atoms with E-state index >= 15 is 0 Å². The third kappa shape index (κ3) is 4.25. The first kappa shape index (κ1) is 14.4. The van der Waals surface area contributed by atoms with Crippen molar-refractivity contribution in [1.82, 2.24) is 0 Å². The van der Waals surface area contributed by atoms with Crippen LogP contribution >= 0.6 is 0 Å². The quantitative estimate of drug-likeness (QED) is 0.701. The number of rotatable bonds is 3. The van der Waals surface area contributed by atoms with Gasteiger partial charge in [0, 0.05) is 11.3 Å². The maximum Gasteiger partial charge on any atom is 0.145 e. The van der Waals surface area contributed by atoms with Gasteiger partial charge in [0.15, 0.2) is 0 Å². The van der Waals surface area contributed by atoms with Gasteiger partial charge in [0.05, 0.1) is 6.42 Å². The lowest BCUT2D eigenvalue weighted by molar-refractivity contribution is -0.134. The summed E-state index contributed by atoms with van der Waals surface area (Å²) in [5.74, 6) is 0.377. The molecule has 1 rings (SSSR count). The lowest BCUT2D eigenvalue weighted by atomic mass is 9.71. The molecular weight excluding hydrogens is 212 g/mol. The summed E-state index contributed by atoms with van der Waals surface area (Å²) in [6.45, 7) is 10.2. The molecule has 0 radical (unpaired) electrons. The van der Waals surface area contributed by atoms with E-state index in [0.29, 0.717) is 5.41 Å². The molecule has 2 nitrogen and oxygen atoms in total. The third-order valence-corrected chi connectivity index (χ3v) is 3.97. The Bertz CT molecular complexity index is 297. The van der Waals surface area contributed by atoms with Crippen molar-refractivity contribution in [2.24, 2.45) is 16.7 Å². The van der Waals surface area contributed by atoms with Gasteiger partial charge in [-0.05, 0) is 31.1 Å². The van der Waals surface area contributed by atoms with Crippen LogP contribution in [-0.4, -0.2) is 11.6 Å². The van der Waals surface area contributed by atoms with Crippen LogP contribution in [0.25, 0.3) is 0 Å². The molecule has 0 aromatic heterocycles. The molecule has 0 aromatic carbocycles. The summed E-state index contributed by atoms with van der Waals surface area (Å²) >= 11 is 0. The molecule has 0 atom stereocenters. The van der Waals surface area contributed by atoms with Gasteiger partial charge in [-0.15, -0.1) is 0 Å². The maximum atomic E-state index is 12.0. The zero-order valence-corrected chi connectivity index (χ0v) is 11.9. The zero-order chi connectivity index (χ0) is 13.3. The average Bonchev–Trinajstić information content (AvgIpc) is 2.15. The first-order chi connectivity index (χ1) is 7.62. The Morgan fingerprint density at radius 1 is 1.12 bits per heavy atom. The second kappa shape index (κ2) is 4.91. The standard InChI is InChI=1S/C15H26O2/c1-14(2,3)13(17)10-12(16)11-6-8-15(4,5)9-7-11/h11H,6-10H2,1-5H3. The number of carbonyl (C=O) groups excluding carboxylic acids is 2. The van der Waals surface area contributed by atoms with Crippen molar-refractivity contribution in [1.29, 1.82) is 0 Å². The molecular formula is C15H26O2. The molecule has 0 amide bonds. The fraction of sp³-hybridized carbons (Fsp3) is 0.867. The first-order valence-corrected chi connectivity index (χ1v) is 6.68. The van der Waals surface area contributed by atoms with Crippen molar-refractivity contribution in [2.75, 3.05) is 0 Å². The minimum Gasteiger partial charge on any atom is -0.299 e. The van der Waals surface area contributed by atoms with E-state index in [1.807, 2.05) is 20.8 Å². The molecule has 0 N–H and O–H groups in total. The lowest BCUT2D eigenvalue weighted by Gasteiger charge is -2.33. The Kier molecular flexibility index (Phi) is 4.16. The van der Waals surface area contributed by atoms with Gasteiger partial charge < -0.3 is 0 Å². The van der Waals surface area contributed by atoms with Crippen LogP contribution in [0.3, 0.4) is 0 Å². The Labute approximate surface area is 105 Å². The van der Waals surface area contributed by atoms with Crippen molar-refractivity contribution in [3.8, 4) is 0 Å². The Morgan fingerprint density at radius 2 is 1.59 bits per heavy atom. The molecule has 0 heterocycles. The van der Waals surface area contributed by atoms with Gasteiger partial charge in [-0.2, -0.15) is 0 Å². The lowest BCUT2D eigenvalue weighted by Crippen LogP contribution is -2.30. The van der Waals surface area contributed by atoms with Gasteiger partial charge >= 0.3 is 0 Å². The molecule has 0 bridgehead atoms. The van der Waals surface area contributed by atoms with E-state index < -0.39 is 0 Å². The smallest absolute Gasteiger partial charge is 0.145 e. The predicted octanol–water partition coefficient (Wildman–Crippen LogP) is 3.78. The number of Topliss-reactive ketones (excluding diaryl/α,β-unsaturated/α-hetero) is 2.